The van der Waals surface area contributed by atoms with E-state index in [-0.39, 0.29) is 6.04 Å². The third-order valence-electron chi connectivity index (χ3n) is 2.16. The molecule has 0 aliphatic heterocycles. The van der Waals surface area contributed by atoms with Crippen molar-refractivity contribution in [2.45, 2.75) is 52.2 Å². The zero-order valence-electron chi connectivity index (χ0n) is 8.02. The van der Waals surface area contributed by atoms with Crippen LogP contribution in [0.1, 0.15) is 40.5 Å². The maximum absolute atomic E-state index is 13.4. The van der Waals surface area contributed by atoms with Gasteiger partial charge < -0.3 is 5.73 Å². The van der Waals surface area contributed by atoms with Crippen LogP contribution in [0.3, 0.4) is 0 Å². The number of rotatable bonds is 4. The lowest BCUT2D eigenvalue weighted by atomic mass is 9.92. The smallest absolute Gasteiger partial charge is 0.123 e. The molecule has 0 bridgehead atoms. The van der Waals surface area contributed by atoms with Crippen LogP contribution < -0.4 is 5.73 Å². The lowest BCUT2D eigenvalue weighted by Crippen LogP contribution is -2.39. The van der Waals surface area contributed by atoms with Gasteiger partial charge in [0.15, 0.2) is 0 Å². The molecule has 0 aromatic carbocycles. The van der Waals surface area contributed by atoms with Crippen molar-refractivity contribution in [2.24, 2.45) is 11.7 Å². The van der Waals surface area contributed by atoms with Gasteiger partial charge in [0.25, 0.3) is 0 Å². The molecule has 0 aromatic rings. The van der Waals surface area contributed by atoms with Crippen molar-refractivity contribution in [2.75, 3.05) is 0 Å². The Labute approximate surface area is 69.2 Å². The van der Waals surface area contributed by atoms with Crippen molar-refractivity contribution in [3.8, 4) is 0 Å². The second-order valence-electron chi connectivity index (χ2n) is 4.00. The van der Waals surface area contributed by atoms with Gasteiger partial charge in [0.2, 0.25) is 0 Å². The highest BCUT2D eigenvalue weighted by Crippen LogP contribution is 2.22. The molecule has 2 N–H and O–H groups in total. The first-order valence-electron chi connectivity index (χ1n) is 4.30. The summed E-state index contributed by atoms with van der Waals surface area (Å²) in [7, 11) is 0. The summed E-state index contributed by atoms with van der Waals surface area (Å²) in [6.07, 6.45) is 1.48. The van der Waals surface area contributed by atoms with Gasteiger partial charge in [-0.2, -0.15) is 0 Å². The summed E-state index contributed by atoms with van der Waals surface area (Å²) in [5.74, 6) is 0.559. The molecular weight excluding hydrogens is 141 g/mol. The first-order valence-corrected chi connectivity index (χ1v) is 4.30. The zero-order valence-corrected chi connectivity index (χ0v) is 8.02. The first kappa shape index (κ1) is 10.9. The molecule has 0 rings (SSSR count). The standard InChI is InChI=1S/C9H20FN/c1-7(2)5-6-9(4,10)8(3)11/h7-8H,5-6,11H2,1-4H3/t8-,9-/m1/s1. The van der Waals surface area contributed by atoms with Crippen molar-refractivity contribution in [1.29, 1.82) is 0 Å². The minimum atomic E-state index is -1.19. The average Bonchev–Trinajstić information content (AvgIpc) is 1.84. The quantitative estimate of drug-likeness (QED) is 0.673. The van der Waals surface area contributed by atoms with Crippen LogP contribution in [0.25, 0.3) is 0 Å². The number of halogens is 1. The maximum atomic E-state index is 13.4. The van der Waals surface area contributed by atoms with Gasteiger partial charge in [-0.05, 0) is 32.6 Å². The number of alkyl halides is 1. The molecule has 0 saturated carbocycles. The highest BCUT2D eigenvalue weighted by atomic mass is 19.1. The van der Waals surface area contributed by atoms with Gasteiger partial charge in [-0.15, -0.1) is 0 Å². The van der Waals surface area contributed by atoms with E-state index in [4.69, 9.17) is 5.73 Å². The molecule has 0 aliphatic carbocycles. The summed E-state index contributed by atoms with van der Waals surface area (Å²) < 4.78 is 13.4. The molecule has 0 saturated heterocycles. The van der Waals surface area contributed by atoms with Gasteiger partial charge in [0, 0.05) is 6.04 Å². The van der Waals surface area contributed by atoms with E-state index in [0.717, 1.165) is 6.42 Å². The molecule has 0 radical (unpaired) electrons. The second kappa shape index (κ2) is 4.05. The van der Waals surface area contributed by atoms with Crippen molar-refractivity contribution in [3.63, 3.8) is 0 Å². The molecule has 11 heavy (non-hydrogen) atoms. The normalized spacial score (nSPS) is 19.9. The molecule has 0 fully saturated rings. The molecule has 0 amide bonds. The Morgan fingerprint density at radius 3 is 2.09 bits per heavy atom. The van der Waals surface area contributed by atoms with Crippen LogP contribution in [0.5, 0.6) is 0 Å². The van der Waals surface area contributed by atoms with Gasteiger partial charge >= 0.3 is 0 Å². The fourth-order valence-electron chi connectivity index (χ4n) is 0.799. The summed E-state index contributed by atoms with van der Waals surface area (Å²) in [5.41, 5.74) is 4.29. The fourth-order valence-corrected chi connectivity index (χ4v) is 0.799. The Hall–Kier alpha value is -0.110. The summed E-state index contributed by atoms with van der Waals surface area (Å²) >= 11 is 0. The van der Waals surface area contributed by atoms with E-state index >= 15 is 0 Å². The topological polar surface area (TPSA) is 26.0 Å². The molecule has 1 nitrogen and oxygen atoms in total. The van der Waals surface area contributed by atoms with E-state index in [2.05, 4.69) is 13.8 Å². The third kappa shape index (κ3) is 4.35. The SMILES string of the molecule is CC(C)CC[C@@](C)(F)[C@@H](C)N. The van der Waals surface area contributed by atoms with Crippen LogP contribution in [-0.4, -0.2) is 11.7 Å². The van der Waals surface area contributed by atoms with Crippen LogP contribution in [0.2, 0.25) is 0 Å². The van der Waals surface area contributed by atoms with Crippen molar-refractivity contribution in [3.05, 3.63) is 0 Å². The fraction of sp³-hybridized carbons (Fsp3) is 1.00. The third-order valence-corrected chi connectivity index (χ3v) is 2.16. The van der Waals surface area contributed by atoms with Crippen LogP contribution in [0, 0.1) is 5.92 Å². The van der Waals surface area contributed by atoms with E-state index in [0.29, 0.717) is 12.3 Å². The number of hydrogen-bond acceptors (Lipinski definition) is 1. The summed E-state index contributed by atoms with van der Waals surface area (Å²) in [6.45, 7) is 7.49. The lowest BCUT2D eigenvalue weighted by molar-refractivity contribution is 0.135. The van der Waals surface area contributed by atoms with Crippen LogP contribution in [-0.2, 0) is 0 Å². The predicted octanol–water partition coefficient (Wildman–Crippen LogP) is 2.50. The van der Waals surface area contributed by atoms with E-state index in [9.17, 15) is 4.39 Å². The molecule has 0 unspecified atom stereocenters. The van der Waals surface area contributed by atoms with E-state index in [1.54, 1.807) is 13.8 Å². The summed E-state index contributed by atoms with van der Waals surface area (Å²) in [4.78, 5) is 0. The molecule has 0 aliphatic rings. The first-order chi connectivity index (χ1) is 4.86. The molecule has 0 aromatic heterocycles. The van der Waals surface area contributed by atoms with Crippen molar-refractivity contribution in [1.82, 2.24) is 0 Å². The van der Waals surface area contributed by atoms with E-state index < -0.39 is 5.67 Å². The minimum absolute atomic E-state index is 0.360. The Balaban J connectivity index is 3.73. The van der Waals surface area contributed by atoms with Crippen LogP contribution in [0.15, 0.2) is 0 Å². The maximum Gasteiger partial charge on any atom is 0.123 e. The molecule has 2 atom stereocenters. The van der Waals surface area contributed by atoms with Gasteiger partial charge in [-0.3, -0.25) is 0 Å². The highest BCUT2D eigenvalue weighted by Gasteiger charge is 2.27. The zero-order chi connectivity index (χ0) is 9.07. The minimum Gasteiger partial charge on any atom is -0.325 e. The molecular formula is C9H20FN. The van der Waals surface area contributed by atoms with Crippen LogP contribution in [0.4, 0.5) is 4.39 Å². The molecule has 68 valence electrons. The van der Waals surface area contributed by atoms with Gasteiger partial charge in [0.1, 0.15) is 5.67 Å². The largest absolute Gasteiger partial charge is 0.325 e. The van der Waals surface area contributed by atoms with Crippen molar-refractivity contribution < 1.29 is 4.39 Å². The molecule has 0 spiro atoms. The van der Waals surface area contributed by atoms with Crippen molar-refractivity contribution >= 4 is 0 Å². The summed E-state index contributed by atoms with van der Waals surface area (Å²) in [6, 6.07) is -0.360. The number of nitrogens with two attached hydrogens (primary N) is 1. The Kier molecular flexibility index (Phi) is 4.01. The second-order valence-corrected chi connectivity index (χ2v) is 4.00. The Bertz CT molecular complexity index is 108. The van der Waals surface area contributed by atoms with Crippen LogP contribution >= 0.6 is 0 Å². The molecule has 0 heterocycles. The lowest BCUT2D eigenvalue weighted by Gasteiger charge is -2.25. The average molecular weight is 161 g/mol. The predicted molar refractivity (Wildman–Crippen MR) is 47.2 cm³/mol. The molecule has 2 heteroatoms. The summed E-state index contributed by atoms with van der Waals surface area (Å²) in [5, 5.41) is 0. The Morgan fingerprint density at radius 1 is 1.36 bits per heavy atom. The van der Waals surface area contributed by atoms with Gasteiger partial charge in [-0.1, -0.05) is 13.8 Å². The highest BCUT2D eigenvalue weighted by molar-refractivity contribution is 4.82. The number of hydrogen-bond donors (Lipinski definition) is 1. The van der Waals surface area contributed by atoms with E-state index in [1.165, 1.54) is 0 Å². The van der Waals surface area contributed by atoms with E-state index in [1.807, 2.05) is 0 Å². The monoisotopic (exact) mass is 161 g/mol. The van der Waals surface area contributed by atoms with Gasteiger partial charge in [0.05, 0.1) is 0 Å². The Morgan fingerprint density at radius 2 is 1.82 bits per heavy atom. The van der Waals surface area contributed by atoms with Gasteiger partial charge in [-0.25, -0.2) is 4.39 Å².